The molecule has 0 saturated heterocycles. The van der Waals surface area contributed by atoms with Gasteiger partial charge in [0.05, 0.1) is 24.3 Å². The van der Waals surface area contributed by atoms with Crippen LogP contribution in [0.4, 0.5) is 11.4 Å². The van der Waals surface area contributed by atoms with Gasteiger partial charge in [-0.05, 0) is 26.0 Å². The number of nitrogens with two attached hydrogens (primary N) is 1. The first kappa shape index (κ1) is 15.8. The van der Waals surface area contributed by atoms with E-state index in [1.807, 2.05) is 13.8 Å². The molecule has 20 heavy (non-hydrogen) atoms. The zero-order valence-corrected chi connectivity index (χ0v) is 11.8. The van der Waals surface area contributed by atoms with Crippen LogP contribution in [0.5, 0.6) is 0 Å². The molecule has 6 nitrogen and oxygen atoms in total. The number of nitrogen functional groups attached to an aromatic ring is 1. The zero-order chi connectivity index (χ0) is 15.1. The maximum atomic E-state index is 11.9. The molecule has 0 aliphatic heterocycles. The molecule has 6 heteroatoms. The number of nitrogens with zero attached hydrogens (tertiary/aromatic N) is 1. The second-order valence-electron chi connectivity index (χ2n) is 4.85. The van der Waals surface area contributed by atoms with Crippen molar-refractivity contribution in [2.75, 3.05) is 23.7 Å². The molecular weight excluding hydrogens is 258 g/mol. The molecule has 0 unspecified atom stereocenters. The first-order chi connectivity index (χ1) is 9.40. The number of carboxylic acids is 1. The van der Waals surface area contributed by atoms with E-state index in [0.717, 1.165) is 0 Å². The summed E-state index contributed by atoms with van der Waals surface area (Å²) in [6, 6.07) is 7.14. The van der Waals surface area contributed by atoms with Gasteiger partial charge in [-0.15, -0.1) is 0 Å². The number of amides is 1. The van der Waals surface area contributed by atoms with Crippen LogP contribution in [0.3, 0.4) is 0 Å². The van der Waals surface area contributed by atoms with E-state index in [4.69, 9.17) is 10.8 Å². The molecule has 0 radical (unpaired) electrons. The zero-order valence-electron chi connectivity index (χ0n) is 11.8. The summed E-state index contributed by atoms with van der Waals surface area (Å²) >= 11 is 0. The van der Waals surface area contributed by atoms with Gasteiger partial charge in [-0.3, -0.25) is 9.59 Å². The van der Waals surface area contributed by atoms with Crippen LogP contribution in [0.25, 0.3) is 0 Å². The normalized spacial score (nSPS) is 10.3. The largest absolute Gasteiger partial charge is 0.481 e. The topological polar surface area (TPSA) is 95.7 Å². The third-order valence-electron chi connectivity index (χ3n) is 2.66. The van der Waals surface area contributed by atoms with E-state index in [1.54, 1.807) is 29.2 Å². The minimum absolute atomic E-state index is 0.0388. The number of nitrogens with one attached hydrogen (secondary N) is 1. The highest BCUT2D eigenvalue weighted by atomic mass is 16.4. The number of anilines is 2. The summed E-state index contributed by atoms with van der Waals surface area (Å²) in [4.78, 5) is 24.3. The van der Waals surface area contributed by atoms with Crippen molar-refractivity contribution >= 4 is 23.3 Å². The molecule has 0 aliphatic carbocycles. The second-order valence-corrected chi connectivity index (χ2v) is 4.85. The molecule has 110 valence electrons. The third-order valence-corrected chi connectivity index (χ3v) is 2.66. The van der Waals surface area contributed by atoms with E-state index >= 15 is 0 Å². The van der Waals surface area contributed by atoms with E-state index < -0.39 is 5.97 Å². The summed E-state index contributed by atoms with van der Waals surface area (Å²) in [7, 11) is 0. The summed E-state index contributed by atoms with van der Waals surface area (Å²) in [5, 5.41) is 11.6. The molecule has 1 rings (SSSR count). The lowest BCUT2D eigenvalue weighted by atomic mass is 10.2. The monoisotopic (exact) mass is 279 g/mol. The molecule has 0 aliphatic rings. The average Bonchev–Trinajstić information content (AvgIpc) is 2.34. The highest BCUT2D eigenvalue weighted by Gasteiger charge is 2.15. The molecule has 4 N–H and O–H groups in total. The molecule has 0 fully saturated rings. The molecule has 1 amide bonds. The number of para-hydroxylation sites is 2. The van der Waals surface area contributed by atoms with E-state index in [1.165, 1.54) is 0 Å². The first-order valence-corrected chi connectivity index (χ1v) is 6.50. The van der Waals surface area contributed by atoms with E-state index in [9.17, 15) is 9.59 Å². The molecular formula is C14H21N3O3. The summed E-state index contributed by atoms with van der Waals surface area (Å²) in [6.07, 6.45) is -0.0523. The average molecular weight is 279 g/mol. The fourth-order valence-electron chi connectivity index (χ4n) is 1.83. The van der Waals surface area contributed by atoms with Crippen molar-refractivity contribution in [2.24, 2.45) is 0 Å². The van der Waals surface area contributed by atoms with Gasteiger partial charge < -0.3 is 21.1 Å². The third kappa shape index (κ3) is 5.17. The molecule has 0 saturated carbocycles. The Morgan fingerprint density at radius 1 is 1.35 bits per heavy atom. The van der Waals surface area contributed by atoms with Gasteiger partial charge in [-0.2, -0.15) is 0 Å². The van der Waals surface area contributed by atoms with Crippen LogP contribution in [-0.4, -0.2) is 36.1 Å². The number of aliphatic carboxylic acids is 1. The van der Waals surface area contributed by atoms with Crippen molar-refractivity contribution in [1.29, 1.82) is 0 Å². The highest BCUT2D eigenvalue weighted by molar-refractivity contribution is 5.83. The van der Waals surface area contributed by atoms with Gasteiger partial charge in [0.2, 0.25) is 5.91 Å². The maximum Gasteiger partial charge on any atom is 0.305 e. The van der Waals surface area contributed by atoms with Crippen molar-refractivity contribution in [1.82, 2.24) is 5.32 Å². The van der Waals surface area contributed by atoms with Gasteiger partial charge in [0.15, 0.2) is 0 Å². The van der Waals surface area contributed by atoms with Crippen LogP contribution in [0.15, 0.2) is 24.3 Å². The van der Waals surface area contributed by atoms with Crippen LogP contribution < -0.4 is 16.0 Å². The van der Waals surface area contributed by atoms with Gasteiger partial charge in [0, 0.05) is 12.6 Å². The molecule has 0 heterocycles. The van der Waals surface area contributed by atoms with Crippen molar-refractivity contribution in [3.63, 3.8) is 0 Å². The van der Waals surface area contributed by atoms with Gasteiger partial charge in [0.1, 0.15) is 0 Å². The maximum absolute atomic E-state index is 11.9. The number of hydrogen-bond donors (Lipinski definition) is 3. The minimum atomic E-state index is -0.909. The van der Waals surface area contributed by atoms with Crippen LogP contribution in [0.2, 0.25) is 0 Å². The Labute approximate surface area is 118 Å². The Morgan fingerprint density at radius 2 is 2.00 bits per heavy atom. The molecule has 0 bridgehead atoms. The SMILES string of the molecule is CC(C)NC(=O)CN(CCC(=O)O)c1ccccc1N. The van der Waals surface area contributed by atoms with Gasteiger partial charge in [-0.1, -0.05) is 12.1 Å². The second kappa shape index (κ2) is 7.37. The molecule has 1 aromatic rings. The Kier molecular flexibility index (Phi) is 5.83. The lowest BCUT2D eigenvalue weighted by Crippen LogP contribution is -2.41. The first-order valence-electron chi connectivity index (χ1n) is 6.50. The Morgan fingerprint density at radius 3 is 2.55 bits per heavy atom. The van der Waals surface area contributed by atoms with E-state index in [-0.39, 0.29) is 31.5 Å². The summed E-state index contributed by atoms with van der Waals surface area (Å²) in [5.41, 5.74) is 7.08. The van der Waals surface area contributed by atoms with Gasteiger partial charge in [-0.25, -0.2) is 0 Å². The fraction of sp³-hybridized carbons (Fsp3) is 0.429. The van der Waals surface area contributed by atoms with Crippen molar-refractivity contribution < 1.29 is 14.7 Å². The highest BCUT2D eigenvalue weighted by Crippen LogP contribution is 2.22. The summed E-state index contributed by atoms with van der Waals surface area (Å²) in [5.74, 6) is -1.07. The quantitative estimate of drug-likeness (QED) is 0.649. The predicted octanol–water partition coefficient (Wildman–Crippen LogP) is 1.07. The number of carboxylic acid groups (broad SMARTS) is 1. The summed E-state index contributed by atoms with van der Waals surface area (Å²) < 4.78 is 0. The van der Waals surface area contributed by atoms with Crippen LogP contribution >= 0.6 is 0 Å². The summed E-state index contributed by atoms with van der Waals surface area (Å²) in [6.45, 7) is 4.06. The number of carbonyl (C=O) groups excluding carboxylic acids is 1. The number of benzene rings is 1. The van der Waals surface area contributed by atoms with Crippen molar-refractivity contribution in [2.45, 2.75) is 26.3 Å². The van der Waals surface area contributed by atoms with E-state index in [2.05, 4.69) is 5.32 Å². The molecule has 0 aromatic heterocycles. The Bertz CT molecular complexity index is 474. The minimum Gasteiger partial charge on any atom is -0.481 e. The number of rotatable bonds is 7. The smallest absolute Gasteiger partial charge is 0.305 e. The van der Waals surface area contributed by atoms with Crippen LogP contribution in [-0.2, 0) is 9.59 Å². The van der Waals surface area contributed by atoms with Gasteiger partial charge >= 0.3 is 5.97 Å². The van der Waals surface area contributed by atoms with E-state index in [0.29, 0.717) is 11.4 Å². The fourth-order valence-corrected chi connectivity index (χ4v) is 1.83. The lowest BCUT2D eigenvalue weighted by Gasteiger charge is -2.25. The van der Waals surface area contributed by atoms with Crippen molar-refractivity contribution in [3.8, 4) is 0 Å². The Hall–Kier alpha value is -2.24. The molecule has 0 spiro atoms. The Balaban J connectivity index is 2.82. The van der Waals surface area contributed by atoms with Crippen LogP contribution in [0, 0.1) is 0 Å². The number of carbonyl (C=O) groups is 2. The van der Waals surface area contributed by atoms with Gasteiger partial charge in [0.25, 0.3) is 0 Å². The predicted molar refractivity (Wildman–Crippen MR) is 78.6 cm³/mol. The number of hydrogen-bond acceptors (Lipinski definition) is 4. The molecule has 0 atom stereocenters. The van der Waals surface area contributed by atoms with Crippen LogP contribution in [0.1, 0.15) is 20.3 Å². The molecule has 1 aromatic carbocycles. The lowest BCUT2D eigenvalue weighted by molar-refractivity contribution is -0.136. The standard InChI is InChI=1S/C14H21N3O3/c1-10(2)16-13(18)9-17(8-7-14(19)20)12-6-4-3-5-11(12)15/h3-6,10H,7-9,15H2,1-2H3,(H,16,18)(H,19,20). The van der Waals surface area contributed by atoms with Crippen molar-refractivity contribution in [3.05, 3.63) is 24.3 Å².